The minimum absolute atomic E-state index is 0.00977. The van der Waals surface area contributed by atoms with Crippen LogP contribution in [0, 0.1) is 13.8 Å². The lowest BCUT2D eigenvalue weighted by Gasteiger charge is -2.29. The van der Waals surface area contributed by atoms with Gasteiger partial charge in [-0.3, -0.25) is 9.59 Å². The molecule has 5 heteroatoms. The van der Waals surface area contributed by atoms with Gasteiger partial charge in [0.2, 0.25) is 5.91 Å². The average Bonchev–Trinajstić information content (AvgIpc) is 2.52. The molecule has 2 amide bonds. The molecule has 0 spiro atoms. The first-order valence-corrected chi connectivity index (χ1v) is 8.25. The number of ether oxygens (including phenoxy) is 1. The molecule has 1 atom stereocenters. The van der Waals surface area contributed by atoms with Crippen molar-refractivity contribution in [1.82, 2.24) is 10.2 Å². The van der Waals surface area contributed by atoms with Crippen LogP contribution in [0.15, 0.2) is 18.2 Å². The molecule has 1 aliphatic rings. The predicted molar refractivity (Wildman–Crippen MR) is 89.4 cm³/mol. The Balaban J connectivity index is 1.80. The van der Waals surface area contributed by atoms with Crippen LogP contribution in [0.25, 0.3) is 0 Å². The molecule has 1 aliphatic heterocycles. The standard InChI is InChI=1S/C18H26N2O3/c1-13-9-14(2)11-16(10-13)23-12-17(21)19-15(3)18(22)20-7-5-4-6-8-20/h9-11,15H,4-8,12H2,1-3H3,(H,19,21). The average molecular weight is 318 g/mol. The predicted octanol–water partition coefficient (Wildman–Crippen LogP) is 2.20. The highest BCUT2D eigenvalue weighted by Crippen LogP contribution is 2.16. The lowest BCUT2D eigenvalue weighted by molar-refractivity contribution is -0.137. The van der Waals surface area contributed by atoms with Crippen LogP contribution < -0.4 is 10.1 Å². The highest BCUT2D eigenvalue weighted by molar-refractivity contribution is 5.87. The van der Waals surface area contributed by atoms with Crippen molar-refractivity contribution in [2.24, 2.45) is 0 Å². The van der Waals surface area contributed by atoms with E-state index < -0.39 is 6.04 Å². The minimum atomic E-state index is -0.511. The second kappa shape index (κ2) is 7.99. The molecule has 1 heterocycles. The van der Waals surface area contributed by atoms with Gasteiger partial charge in [-0.05, 0) is 63.3 Å². The van der Waals surface area contributed by atoms with E-state index in [0.717, 1.165) is 37.1 Å². The Morgan fingerprint density at radius 2 is 1.74 bits per heavy atom. The summed E-state index contributed by atoms with van der Waals surface area (Å²) < 4.78 is 5.52. The van der Waals surface area contributed by atoms with Gasteiger partial charge in [0.25, 0.3) is 5.91 Å². The third kappa shape index (κ3) is 5.27. The summed E-state index contributed by atoms with van der Waals surface area (Å²) in [6, 6.07) is 5.32. The summed E-state index contributed by atoms with van der Waals surface area (Å²) in [7, 11) is 0. The molecule has 0 radical (unpaired) electrons. The second-order valence-corrected chi connectivity index (χ2v) is 6.29. The van der Waals surface area contributed by atoms with Gasteiger partial charge in [0.15, 0.2) is 6.61 Å². The molecular weight excluding hydrogens is 292 g/mol. The number of rotatable bonds is 5. The van der Waals surface area contributed by atoms with Crippen molar-refractivity contribution in [2.45, 2.75) is 46.1 Å². The van der Waals surface area contributed by atoms with Crippen molar-refractivity contribution < 1.29 is 14.3 Å². The van der Waals surface area contributed by atoms with Gasteiger partial charge >= 0.3 is 0 Å². The Morgan fingerprint density at radius 1 is 1.13 bits per heavy atom. The van der Waals surface area contributed by atoms with Crippen molar-refractivity contribution >= 4 is 11.8 Å². The highest BCUT2D eigenvalue weighted by atomic mass is 16.5. The molecule has 1 aromatic carbocycles. The summed E-state index contributed by atoms with van der Waals surface area (Å²) in [5, 5.41) is 2.72. The molecule has 0 saturated carbocycles. The number of amides is 2. The van der Waals surface area contributed by atoms with Gasteiger partial charge in [0, 0.05) is 13.1 Å². The second-order valence-electron chi connectivity index (χ2n) is 6.29. The number of carbonyl (C=O) groups is 2. The minimum Gasteiger partial charge on any atom is -0.484 e. The maximum Gasteiger partial charge on any atom is 0.258 e. The third-order valence-corrected chi connectivity index (χ3v) is 3.98. The molecule has 0 aliphatic carbocycles. The van der Waals surface area contributed by atoms with E-state index in [1.165, 1.54) is 6.42 Å². The van der Waals surface area contributed by atoms with Crippen LogP contribution in [0.4, 0.5) is 0 Å². The van der Waals surface area contributed by atoms with E-state index in [1.54, 1.807) is 6.92 Å². The molecule has 126 valence electrons. The van der Waals surface area contributed by atoms with E-state index in [4.69, 9.17) is 4.74 Å². The topological polar surface area (TPSA) is 58.6 Å². The Kier molecular flexibility index (Phi) is 6.02. The molecule has 2 rings (SSSR count). The first kappa shape index (κ1) is 17.3. The summed E-state index contributed by atoms with van der Waals surface area (Å²) in [5.41, 5.74) is 2.18. The Labute approximate surface area is 138 Å². The first-order valence-electron chi connectivity index (χ1n) is 8.25. The Bertz CT molecular complexity index is 545. The van der Waals surface area contributed by atoms with E-state index in [2.05, 4.69) is 5.32 Å². The highest BCUT2D eigenvalue weighted by Gasteiger charge is 2.23. The van der Waals surface area contributed by atoms with Gasteiger partial charge in [-0.15, -0.1) is 0 Å². The number of nitrogens with zero attached hydrogens (tertiary/aromatic N) is 1. The molecule has 1 saturated heterocycles. The molecule has 1 N–H and O–H groups in total. The lowest BCUT2D eigenvalue weighted by atomic mass is 10.1. The van der Waals surface area contributed by atoms with Crippen molar-refractivity contribution in [2.75, 3.05) is 19.7 Å². The van der Waals surface area contributed by atoms with Crippen LogP contribution in [0.3, 0.4) is 0 Å². The molecule has 23 heavy (non-hydrogen) atoms. The zero-order valence-electron chi connectivity index (χ0n) is 14.2. The molecule has 1 fully saturated rings. The van der Waals surface area contributed by atoms with E-state index in [1.807, 2.05) is 36.9 Å². The summed E-state index contributed by atoms with van der Waals surface area (Å²) >= 11 is 0. The monoisotopic (exact) mass is 318 g/mol. The van der Waals surface area contributed by atoms with Crippen LogP contribution in [0.5, 0.6) is 5.75 Å². The molecule has 5 nitrogen and oxygen atoms in total. The van der Waals surface area contributed by atoms with Crippen LogP contribution in [-0.4, -0.2) is 42.5 Å². The maximum atomic E-state index is 12.3. The summed E-state index contributed by atoms with van der Waals surface area (Å²) in [4.78, 5) is 26.1. The number of piperidine rings is 1. The molecular formula is C18H26N2O3. The number of hydrogen-bond donors (Lipinski definition) is 1. The largest absolute Gasteiger partial charge is 0.484 e. The van der Waals surface area contributed by atoms with Gasteiger partial charge in [0.05, 0.1) is 0 Å². The zero-order valence-corrected chi connectivity index (χ0v) is 14.2. The quantitative estimate of drug-likeness (QED) is 0.905. The smallest absolute Gasteiger partial charge is 0.258 e. The normalized spacial score (nSPS) is 15.9. The molecule has 0 bridgehead atoms. The summed E-state index contributed by atoms with van der Waals surface area (Å²) in [5.74, 6) is 0.388. The number of carbonyl (C=O) groups excluding carboxylic acids is 2. The molecule has 1 aromatic rings. The summed E-state index contributed by atoms with van der Waals surface area (Å²) in [6.07, 6.45) is 3.26. The van der Waals surface area contributed by atoms with Crippen LogP contribution in [-0.2, 0) is 9.59 Å². The fourth-order valence-electron chi connectivity index (χ4n) is 2.90. The van der Waals surface area contributed by atoms with Crippen LogP contribution in [0.1, 0.15) is 37.3 Å². The van der Waals surface area contributed by atoms with Gasteiger partial charge in [0.1, 0.15) is 11.8 Å². The number of hydrogen-bond acceptors (Lipinski definition) is 3. The van der Waals surface area contributed by atoms with Crippen molar-refractivity contribution in [3.63, 3.8) is 0 Å². The van der Waals surface area contributed by atoms with Gasteiger partial charge in [-0.25, -0.2) is 0 Å². The Morgan fingerprint density at radius 3 is 2.35 bits per heavy atom. The zero-order chi connectivity index (χ0) is 16.8. The third-order valence-electron chi connectivity index (χ3n) is 3.98. The summed E-state index contributed by atoms with van der Waals surface area (Å²) in [6.45, 7) is 7.20. The van der Waals surface area contributed by atoms with Gasteiger partial charge in [-0.1, -0.05) is 6.07 Å². The number of nitrogens with one attached hydrogen (secondary N) is 1. The Hall–Kier alpha value is -2.04. The molecule has 1 unspecified atom stereocenters. The molecule has 0 aromatic heterocycles. The lowest BCUT2D eigenvalue weighted by Crippen LogP contribution is -2.49. The SMILES string of the molecule is Cc1cc(C)cc(OCC(=O)NC(C)C(=O)N2CCCCC2)c1. The van der Waals surface area contributed by atoms with E-state index in [0.29, 0.717) is 5.75 Å². The van der Waals surface area contributed by atoms with E-state index >= 15 is 0 Å². The maximum absolute atomic E-state index is 12.3. The van der Waals surface area contributed by atoms with Gasteiger partial charge in [-0.2, -0.15) is 0 Å². The van der Waals surface area contributed by atoms with Crippen molar-refractivity contribution in [1.29, 1.82) is 0 Å². The number of likely N-dealkylation sites (tertiary alicyclic amines) is 1. The van der Waals surface area contributed by atoms with Crippen LogP contribution >= 0.6 is 0 Å². The number of benzene rings is 1. The fraction of sp³-hybridized carbons (Fsp3) is 0.556. The van der Waals surface area contributed by atoms with E-state index in [9.17, 15) is 9.59 Å². The van der Waals surface area contributed by atoms with Crippen molar-refractivity contribution in [3.8, 4) is 5.75 Å². The van der Waals surface area contributed by atoms with Crippen molar-refractivity contribution in [3.05, 3.63) is 29.3 Å². The number of aryl methyl sites for hydroxylation is 2. The van der Waals surface area contributed by atoms with Crippen LogP contribution in [0.2, 0.25) is 0 Å². The van der Waals surface area contributed by atoms with E-state index in [-0.39, 0.29) is 18.4 Å². The first-order chi connectivity index (χ1) is 11.0. The fourth-order valence-corrected chi connectivity index (χ4v) is 2.90. The van der Waals surface area contributed by atoms with Gasteiger partial charge < -0.3 is 15.0 Å².